The molecule has 0 atom stereocenters. The van der Waals surface area contributed by atoms with Gasteiger partial charge in [0.25, 0.3) is 5.91 Å². The highest BCUT2D eigenvalue weighted by atomic mass is 35.5. The van der Waals surface area contributed by atoms with Crippen LogP contribution in [0, 0.1) is 0 Å². The second-order valence-corrected chi connectivity index (χ2v) is 3.70. The Labute approximate surface area is 93.6 Å². The highest BCUT2D eigenvalue weighted by Gasteiger charge is 2.06. The summed E-state index contributed by atoms with van der Waals surface area (Å²) in [4.78, 5) is 12.7. The minimum atomic E-state index is -0.121. The molecule has 0 aromatic heterocycles. The Morgan fingerprint density at radius 3 is 2.73 bits per heavy atom. The summed E-state index contributed by atoms with van der Waals surface area (Å²) >= 11 is 5.72. The SMILES string of the molecule is CN(C)C(=O)COc1ccc(Cl)cc1N. The minimum absolute atomic E-state index is 0.0289. The van der Waals surface area contributed by atoms with E-state index < -0.39 is 0 Å². The number of hydrogen-bond donors (Lipinski definition) is 1. The summed E-state index contributed by atoms with van der Waals surface area (Å²) < 4.78 is 5.24. The van der Waals surface area contributed by atoms with E-state index >= 15 is 0 Å². The molecular weight excluding hydrogens is 216 g/mol. The predicted octanol–water partition coefficient (Wildman–Crippen LogP) is 1.39. The van der Waals surface area contributed by atoms with E-state index in [-0.39, 0.29) is 12.5 Å². The fraction of sp³-hybridized carbons (Fsp3) is 0.300. The van der Waals surface area contributed by atoms with Crippen molar-refractivity contribution in [3.8, 4) is 5.75 Å². The Bertz CT molecular complexity index is 366. The Balaban J connectivity index is 2.62. The predicted molar refractivity (Wildman–Crippen MR) is 60.1 cm³/mol. The van der Waals surface area contributed by atoms with Crippen molar-refractivity contribution in [2.45, 2.75) is 0 Å². The third kappa shape index (κ3) is 3.32. The molecule has 0 radical (unpaired) electrons. The molecule has 1 amide bonds. The van der Waals surface area contributed by atoms with Crippen molar-refractivity contribution < 1.29 is 9.53 Å². The maximum absolute atomic E-state index is 11.2. The molecule has 5 heteroatoms. The van der Waals surface area contributed by atoms with E-state index in [4.69, 9.17) is 22.1 Å². The maximum atomic E-state index is 11.2. The molecule has 2 N–H and O–H groups in total. The van der Waals surface area contributed by atoms with Gasteiger partial charge in [-0.05, 0) is 18.2 Å². The second kappa shape index (κ2) is 4.89. The lowest BCUT2D eigenvalue weighted by Gasteiger charge is -2.12. The molecule has 15 heavy (non-hydrogen) atoms. The lowest BCUT2D eigenvalue weighted by atomic mass is 10.3. The number of ether oxygens (including phenoxy) is 1. The van der Waals surface area contributed by atoms with Gasteiger partial charge in [0.1, 0.15) is 5.75 Å². The van der Waals surface area contributed by atoms with Crippen LogP contribution in [0.3, 0.4) is 0 Å². The first-order chi connectivity index (χ1) is 7.00. The number of anilines is 1. The molecule has 82 valence electrons. The van der Waals surface area contributed by atoms with Crippen molar-refractivity contribution in [2.24, 2.45) is 0 Å². The van der Waals surface area contributed by atoms with Crippen molar-refractivity contribution in [3.05, 3.63) is 23.2 Å². The molecule has 0 unspecified atom stereocenters. The zero-order valence-corrected chi connectivity index (χ0v) is 9.41. The van der Waals surface area contributed by atoms with E-state index in [2.05, 4.69) is 0 Å². The molecule has 0 saturated heterocycles. The van der Waals surface area contributed by atoms with Gasteiger partial charge in [-0.25, -0.2) is 0 Å². The topological polar surface area (TPSA) is 55.6 Å². The average Bonchev–Trinajstić information content (AvgIpc) is 2.15. The van der Waals surface area contributed by atoms with Crippen LogP contribution in [0.4, 0.5) is 5.69 Å². The van der Waals surface area contributed by atoms with Crippen LogP contribution >= 0.6 is 11.6 Å². The first-order valence-corrected chi connectivity index (χ1v) is 4.76. The molecule has 0 fully saturated rings. The summed E-state index contributed by atoms with van der Waals surface area (Å²) in [5, 5.41) is 0.541. The van der Waals surface area contributed by atoms with Crippen LogP contribution in [-0.2, 0) is 4.79 Å². The minimum Gasteiger partial charge on any atom is -0.482 e. The van der Waals surface area contributed by atoms with E-state index in [0.717, 1.165) is 0 Å². The van der Waals surface area contributed by atoms with Gasteiger partial charge in [-0.3, -0.25) is 4.79 Å². The molecule has 0 spiro atoms. The second-order valence-electron chi connectivity index (χ2n) is 3.26. The lowest BCUT2D eigenvalue weighted by Crippen LogP contribution is -2.27. The Morgan fingerprint density at radius 1 is 1.53 bits per heavy atom. The number of amides is 1. The first-order valence-electron chi connectivity index (χ1n) is 4.38. The zero-order valence-electron chi connectivity index (χ0n) is 8.66. The Hall–Kier alpha value is -1.42. The van der Waals surface area contributed by atoms with Crippen molar-refractivity contribution in [1.82, 2.24) is 4.90 Å². The highest BCUT2D eigenvalue weighted by Crippen LogP contribution is 2.24. The van der Waals surface area contributed by atoms with Crippen molar-refractivity contribution >= 4 is 23.2 Å². The van der Waals surface area contributed by atoms with Gasteiger partial charge in [0.05, 0.1) is 5.69 Å². The van der Waals surface area contributed by atoms with Gasteiger partial charge in [-0.1, -0.05) is 11.6 Å². The van der Waals surface area contributed by atoms with Crippen LogP contribution in [0.25, 0.3) is 0 Å². The standard InChI is InChI=1S/C10H13ClN2O2/c1-13(2)10(14)6-15-9-4-3-7(11)5-8(9)12/h3-5H,6,12H2,1-2H3. The first kappa shape index (κ1) is 11.7. The summed E-state index contributed by atoms with van der Waals surface area (Å²) in [5.41, 5.74) is 6.07. The maximum Gasteiger partial charge on any atom is 0.259 e. The molecule has 1 rings (SSSR count). The number of nitrogens with zero attached hydrogens (tertiary/aromatic N) is 1. The van der Waals surface area contributed by atoms with Crippen LogP contribution in [0.5, 0.6) is 5.75 Å². The van der Waals surface area contributed by atoms with E-state index in [0.29, 0.717) is 16.5 Å². The summed E-state index contributed by atoms with van der Waals surface area (Å²) in [5.74, 6) is 0.346. The van der Waals surface area contributed by atoms with E-state index in [1.165, 1.54) is 4.90 Å². The molecule has 4 nitrogen and oxygen atoms in total. The number of rotatable bonds is 3. The molecule has 0 aliphatic rings. The van der Waals surface area contributed by atoms with Crippen molar-refractivity contribution in [1.29, 1.82) is 0 Å². The highest BCUT2D eigenvalue weighted by molar-refractivity contribution is 6.30. The Morgan fingerprint density at radius 2 is 2.20 bits per heavy atom. The number of halogens is 1. The van der Waals surface area contributed by atoms with Gasteiger partial charge >= 0.3 is 0 Å². The van der Waals surface area contributed by atoms with Crippen LogP contribution in [0.15, 0.2) is 18.2 Å². The number of hydrogen-bond acceptors (Lipinski definition) is 3. The molecule has 0 bridgehead atoms. The summed E-state index contributed by atoms with van der Waals surface area (Å²) in [6, 6.07) is 4.88. The quantitative estimate of drug-likeness (QED) is 0.796. The molecule has 0 aliphatic carbocycles. The summed E-state index contributed by atoms with van der Waals surface area (Å²) in [6.45, 7) is -0.0289. The molecule has 0 aliphatic heterocycles. The number of likely N-dealkylation sites (N-methyl/N-ethyl adjacent to an activating group) is 1. The van der Waals surface area contributed by atoms with Gasteiger partial charge < -0.3 is 15.4 Å². The number of benzene rings is 1. The van der Waals surface area contributed by atoms with Gasteiger partial charge in [0.2, 0.25) is 0 Å². The van der Waals surface area contributed by atoms with E-state index in [9.17, 15) is 4.79 Å². The van der Waals surface area contributed by atoms with E-state index in [1.54, 1.807) is 32.3 Å². The third-order valence-electron chi connectivity index (χ3n) is 1.82. The fourth-order valence-electron chi connectivity index (χ4n) is 0.919. The fourth-order valence-corrected chi connectivity index (χ4v) is 1.10. The van der Waals surface area contributed by atoms with Gasteiger partial charge in [-0.2, -0.15) is 0 Å². The lowest BCUT2D eigenvalue weighted by molar-refractivity contribution is -0.130. The number of nitrogens with two attached hydrogens (primary N) is 1. The molecule has 0 saturated carbocycles. The largest absolute Gasteiger partial charge is 0.482 e. The number of carbonyl (C=O) groups excluding carboxylic acids is 1. The molecular formula is C10H13ClN2O2. The number of carbonyl (C=O) groups is 1. The third-order valence-corrected chi connectivity index (χ3v) is 2.06. The normalized spacial score (nSPS) is 9.80. The van der Waals surface area contributed by atoms with Crippen LogP contribution in [0.1, 0.15) is 0 Å². The van der Waals surface area contributed by atoms with E-state index in [1.807, 2.05) is 0 Å². The van der Waals surface area contributed by atoms with Gasteiger partial charge in [0, 0.05) is 19.1 Å². The summed E-state index contributed by atoms with van der Waals surface area (Å²) in [6.07, 6.45) is 0. The molecule has 1 aromatic rings. The Kier molecular flexibility index (Phi) is 3.80. The van der Waals surface area contributed by atoms with Gasteiger partial charge in [0.15, 0.2) is 6.61 Å². The molecule has 0 heterocycles. The van der Waals surface area contributed by atoms with Gasteiger partial charge in [-0.15, -0.1) is 0 Å². The molecule has 1 aromatic carbocycles. The van der Waals surface area contributed by atoms with Crippen LogP contribution in [-0.4, -0.2) is 31.5 Å². The zero-order chi connectivity index (χ0) is 11.4. The van der Waals surface area contributed by atoms with Crippen molar-refractivity contribution in [3.63, 3.8) is 0 Å². The summed E-state index contributed by atoms with van der Waals surface area (Å²) in [7, 11) is 3.33. The average molecular weight is 229 g/mol. The number of nitrogen functional groups attached to an aromatic ring is 1. The smallest absolute Gasteiger partial charge is 0.259 e. The monoisotopic (exact) mass is 228 g/mol. The van der Waals surface area contributed by atoms with Crippen LogP contribution in [0.2, 0.25) is 5.02 Å². The van der Waals surface area contributed by atoms with Crippen molar-refractivity contribution in [2.75, 3.05) is 26.4 Å². The van der Waals surface area contributed by atoms with Crippen LogP contribution < -0.4 is 10.5 Å².